The van der Waals surface area contributed by atoms with Gasteiger partial charge in [-0.15, -0.1) is 5.92 Å². The summed E-state index contributed by atoms with van der Waals surface area (Å²) in [5.41, 5.74) is 5.15. The van der Waals surface area contributed by atoms with Crippen LogP contribution in [-0.4, -0.2) is 12.5 Å². The van der Waals surface area contributed by atoms with Crippen molar-refractivity contribution in [1.29, 1.82) is 5.41 Å². The van der Waals surface area contributed by atoms with E-state index < -0.39 is 0 Å². The predicted octanol–water partition coefficient (Wildman–Crippen LogP) is 0.909. The van der Waals surface area contributed by atoms with Crippen LogP contribution in [0, 0.1) is 22.7 Å². The number of nitrogens with one attached hydrogen (secondary N) is 2. The van der Waals surface area contributed by atoms with Crippen LogP contribution in [0.15, 0.2) is 0 Å². The molecule has 0 radical (unpaired) electrons. The molecule has 0 amide bonds. The van der Waals surface area contributed by atoms with Gasteiger partial charge in [0.2, 0.25) is 0 Å². The summed E-state index contributed by atoms with van der Waals surface area (Å²) in [6, 6.07) is 0. The molecule has 68 valence electrons. The average Bonchev–Trinajstić information content (AvgIpc) is 1.83. The van der Waals surface area contributed by atoms with E-state index in [1.807, 2.05) is 0 Å². The van der Waals surface area contributed by atoms with Crippen molar-refractivity contribution < 1.29 is 0 Å². The molecule has 0 saturated carbocycles. The Labute approximate surface area is 74.2 Å². The molecule has 12 heavy (non-hydrogen) atoms. The fourth-order valence-corrected chi connectivity index (χ4v) is 0.587. The molecule has 0 aliphatic heterocycles. The summed E-state index contributed by atoms with van der Waals surface area (Å²) < 4.78 is 0. The minimum absolute atomic E-state index is 0.00700. The molecule has 0 atom stereocenters. The number of hydrogen-bond donors (Lipinski definition) is 3. The molecule has 0 bridgehead atoms. The van der Waals surface area contributed by atoms with Crippen molar-refractivity contribution in [2.45, 2.75) is 27.2 Å². The Kier molecular flexibility index (Phi) is 4.20. The lowest BCUT2D eigenvalue weighted by atomic mass is 9.98. The van der Waals surface area contributed by atoms with Crippen LogP contribution in [0.5, 0.6) is 0 Å². The van der Waals surface area contributed by atoms with E-state index in [-0.39, 0.29) is 11.4 Å². The van der Waals surface area contributed by atoms with Crippen LogP contribution in [0.2, 0.25) is 0 Å². The second-order valence-electron chi connectivity index (χ2n) is 3.64. The van der Waals surface area contributed by atoms with Gasteiger partial charge in [-0.1, -0.05) is 5.92 Å². The first kappa shape index (κ1) is 10.8. The molecule has 0 aliphatic carbocycles. The average molecular weight is 167 g/mol. The van der Waals surface area contributed by atoms with E-state index in [0.717, 1.165) is 6.42 Å². The van der Waals surface area contributed by atoms with Gasteiger partial charge < -0.3 is 11.1 Å². The first-order valence-corrected chi connectivity index (χ1v) is 4.00. The van der Waals surface area contributed by atoms with Crippen molar-refractivity contribution in [2.24, 2.45) is 11.1 Å². The summed E-state index contributed by atoms with van der Waals surface area (Å²) in [4.78, 5) is 0. The van der Waals surface area contributed by atoms with E-state index in [1.165, 1.54) is 0 Å². The minimum Gasteiger partial charge on any atom is -0.370 e. The zero-order valence-corrected chi connectivity index (χ0v) is 7.99. The van der Waals surface area contributed by atoms with Gasteiger partial charge in [0, 0.05) is 18.4 Å². The quantitative estimate of drug-likeness (QED) is 0.248. The molecule has 0 saturated heterocycles. The smallest absolute Gasteiger partial charge is 0.185 e. The highest BCUT2D eigenvalue weighted by Crippen LogP contribution is 2.09. The van der Waals surface area contributed by atoms with Crippen LogP contribution in [0.1, 0.15) is 27.2 Å². The molecule has 3 heteroatoms. The third-order valence-electron chi connectivity index (χ3n) is 1.03. The molecular weight excluding hydrogens is 150 g/mol. The van der Waals surface area contributed by atoms with Gasteiger partial charge in [0.15, 0.2) is 5.96 Å². The fourth-order valence-electron chi connectivity index (χ4n) is 0.587. The van der Waals surface area contributed by atoms with Gasteiger partial charge in [-0.05, 0) is 20.8 Å². The maximum Gasteiger partial charge on any atom is 0.185 e. The van der Waals surface area contributed by atoms with E-state index in [1.54, 1.807) is 0 Å². The normalized spacial score (nSPS) is 9.92. The highest BCUT2D eigenvalue weighted by Gasteiger charge is 2.02. The van der Waals surface area contributed by atoms with E-state index >= 15 is 0 Å². The topological polar surface area (TPSA) is 61.9 Å². The highest BCUT2D eigenvalue weighted by atomic mass is 15.0. The predicted molar refractivity (Wildman–Crippen MR) is 51.8 cm³/mol. The number of hydrogen-bond acceptors (Lipinski definition) is 1. The maximum absolute atomic E-state index is 6.87. The van der Waals surface area contributed by atoms with Crippen molar-refractivity contribution in [3.05, 3.63) is 0 Å². The third-order valence-corrected chi connectivity index (χ3v) is 1.03. The van der Waals surface area contributed by atoms with Gasteiger partial charge in [0.1, 0.15) is 0 Å². The molecule has 0 aromatic heterocycles. The molecule has 4 N–H and O–H groups in total. The Hall–Kier alpha value is -1.17. The van der Waals surface area contributed by atoms with Crippen LogP contribution in [-0.2, 0) is 0 Å². The molecule has 0 spiro atoms. The van der Waals surface area contributed by atoms with Crippen molar-refractivity contribution in [3.63, 3.8) is 0 Å². The molecule has 0 rings (SSSR count). The van der Waals surface area contributed by atoms with Crippen LogP contribution in [0.3, 0.4) is 0 Å². The Morgan fingerprint density at radius 2 is 2.08 bits per heavy atom. The van der Waals surface area contributed by atoms with E-state index in [9.17, 15) is 0 Å². The summed E-state index contributed by atoms with van der Waals surface area (Å²) >= 11 is 0. The van der Waals surface area contributed by atoms with E-state index in [4.69, 9.17) is 11.1 Å². The van der Waals surface area contributed by atoms with Gasteiger partial charge in [-0.3, -0.25) is 5.41 Å². The van der Waals surface area contributed by atoms with Crippen molar-refractivity contribution in [2.75, 3.05) is 6.54 Å². The Bertz CT molecular complexity index is 202. The SMILES string of the molecule is CC(C)(C)C#CCCNC(=N)N. The van der Waals surface area contributed by atoms with Crippen LogP contribution in [0.25, 0.3) is 0 Å². The first-order valence-electron chi connectivity index (χ1n) is 4.00. The van der Waals surface area contributed by atoms with Crippen molar-refractivity contribution >= 4 is 5.96 Å². The summed E-state index contributed by atoms with van der Waals surface area (Å²) in [6.45, 7) is 6.85. The minimum atomic E-state index is 0.00700. The standard InChI is InChI=1S/C9H17N3/c1-9(2,3)6-4-5-7-12-8(10)11/h5,7H2,1-3H3,(H4,10,11,12). The Morgan fingerprint density at radius 3 is 2.50 bits per heavy atom. The Morgan fingerprint density at radius 1 is 1.50 bits per heavy atom. The zero-order chi connectivity index (χ0) is 9.61. The number of rotatable bonds is 2. The molecule has 0 aliphatic rings. The second-order valence-corrected chi connectivity index (χ2v) is 3.64. The number of nitrogens with two attached hydrogens (primary N) is 1. The first-order chi connectivity index (χ1) is 5.42. The van der Waals surface area contributed by atoms with Crippen LogP contribution < -0.4 is 11.1 Å². The summed E-state index contributed by atoms with van der Waals surface area (Å²) in [6.07, 6.45) is 0.733. The van der Waals surface area contributed by atoms with E-state index in [2.05, 4.69) is 37.9 Å². The molecule has 3 nitrogen and oxygen atoms in total. The lowest BCUT2D eigenvalue weighted by Gasteiger charge is -2.06. The molecular formula is C9H17N3. The van der Waals surface area contributed by atoms with Crippen LogP contribution >= 0.6 is 0 Å². The van der Waals surface area contributed by atoms with E-state index in [0.29, 0.717) is 6.54 Å². The summed E-state index contributed by atoms with van der Waals surface area (Å²) in [5.74, 6) is 6.12. The molecule has 0 fully saturated rings. The van der Waals surface area contributed by atoms with Gasteiger partial charge in [-0.2, -0.15) is 0 Å². The lowest BCUT2D eigenvalue weighted by molar-refractivity contribution is 0.570. The zero-order valence-electron chi connectivity index (χ0n) is 7.99. The highest BCUT2D eigenvalue weighted by molar-refractivity contribution is 5.74. The van der Waals surface area contributed by atoms with Gasteiger partial charge in [0.05, 0.1) is 0 Å². The molecule has 0 heterocycles. The van der Waals surface area contributed by atoms with Crippen LogP contribution in [0.4, 0.5) is 0 Å². The number of guanidine groups is 1. The van der Waals surface area contributed by atoms with Gasteiger partial charge in [0.25, 0.3) is 0 Å². The summed E-state index contributed by atoms with van der Waals surface area (Å²) in [7, 11) is 0. The monoisotopic (exact) mass is 167 g/mol. The second kappa shape index (κ2) is 4.66. The van der Waals surface area contributed by atoms with Gasteiger partial charge >= 0.3 is 0 Å². The fraction of sp³-hybridized carbons (Fsp3) is 0.667. The van der Waals surface area contributed by atoms with Crippen molar-refractivity contribution in [1.82, 2.24) is 5.32 Å². The molecule has 0 unspecified atom stereocenters. The lowest BCUT2D eigenvalue weighted by Crippen LogP contribution is -2.30. The molecule has 0 aromatic rings. The largest absolute Gasteiger partial charge is 0.370 e. The third kappa shape index (κ3) is 8.83. The van der Waals surface area contributed by atoms with Gasteiger partial charge in [-0.25, -0.2) is 0 Å². The van der Waals surface area contributed by atoms with Crippen molar-refractivity contribution in [3.8, 4) is 11.8 Å². The maximum atomic E-state index is 6.87. The summed E-state index contributed by atoms with van der Waals surface area (Å²) in [5, 5.41) is 9.56. The molecule has 0 aromatic carbocycles. The Balaban J connectivity index is 3.53.